The van der Waals surface area contributed by atoms with Crippen LogP contribution in [0.2, 0.25) is 0 Å². The molecule has 1 rings (SSSR count). The van der Waals surface area contributed by atoms with Crippen molar-refractivity contribution in [2.75, 3.05) is 0 Å². The van der Waals surface area contributed by atoms with Gasteiger partial charge in [-0.05, 0) is 60.8 Å². The zero-order valence-corrected chi connectivity index (χ0v) is 13.4. The molecule has 2 N–H and O–H groups in total. The first kappa shape index (κ1) is 16.9. The molecule has 1 aromatic carbocycles. The van der Waals surface area contributed by atoms with Gasteiger partial charge in [-0.15, -0.1) is 0 Å². The van der Waals surface area contributed by atoms with Crippen LogP contribution < -0.4 is 0 Å². The number of benzene rings is 1. The molecule has 1 aromatic rings. The van der Waals surface area contributed by atoms with E-state index in [0.29, 0.717) is 23.3 Å². The van der Waals surface area contributed by atoms with Gasteiger partial charge in [0.25, 0.3) is 0 Å². The SMILES string of the molecule is CC(C)CCCc1cc(O)c(CCCC(C)C)cc1O. The second-order valence-electron chi connectivity index (χ2n) is 6.68. The predicted octanol–water partition coefficient (Wildman–Crippen LogP) is 5.06. The summed E-state index contributed by atoms with van der Waals surface area (Å²) in [6, 6.07) is 3.50. The normalized spacial score (nSPS) is 11.5. The Morgan fingerprint density at radius 2 is 1.10 bits per heavy atom. The van der Waals surface area contributed by atoms with Crippen LogP contribution in [0.1, 0.15) is 64.5 Å². The van der Waals surface area contributed by atoms with Crippen molar-refractivity contribution in [1.29, 1.82) is 0 Å². The van der Waals surface area contributed by atoms with Gasteiger partial charge in [-0.2, -0.15) is 0 Å². The van der Waals surface area contributed by atoms with E-state index in [0.717, 1.165) is 49.7 Å². The van der Waals surface area contributed by atoms with Crippen molar-refractivity contribution in [2.45, 2.75) is 66.2 Å². The molecule has 0 heterocycles. The van der Waals surface area contributed by atoms with Gasteiger partial charge < -0.3 is 10.2 Å². The van der Waals surface area contributed by atoms with Crippen molar-refractivity contribution in [3.63, 3.8) is 0 Å². The summed E-state index contributed by atoms with van der Waals surface area (Å²) >= 11 is 0. The Morgan fingerprint density at radius 3 is 1.40 bits per heavy atom. The molecule has 0 aromatic heterocycles. The molecular formula is C18H30O2. The first-order valence-corrected chi connectivity index (χ1v) is 7.93. The summed E-state index contributed by atoms with van der Waals surface area (Å²) < 4.78 is 0. The smallest absolute Gasteiger partial charge is 0.119 e. The number of rotatable bonds is 8. The van der Waals surface area contributed by atoms with Crippen LogP contribution in [0.25, 0.3) is 0 Å². The van der Waals surface area contributed by atoms with Crippen molar-refractivity contribution < 1.29 is 10.2 Å². The summed E-state index contributed by atoms with van der Waals surface area (Å²) in [6.07, 6.45) is 6.08. The number of hydrogen-bond acceptors (Lipinski definition) is 2. The molecule has 0 spiro atoms. The molecule has 0 unspecified atom stereocenters. The van der Waals surface area contributed by atoms with Crippen LogP contribution in [0.4, 0.5) is 0 Å². The van der Waals surface area contributed by atoms with E-state index in [1.165, 1.54) is 0 Å². The summed E-state index contributed by atoms with van der Waals surface area (Å²) in [4.78, 5) is 0. The van der Waals surface area contributed by atoms with Crippen LogP contribution in [0.3, 0.4) is 0 Å². The molecule has 0 fully saturated rings. The minimum Gasteiger partial charge on any atom is -0.508 e. The Morgan fingerprint density at radius 1 is 0.750 bits per heavy atom. The van der Waals surface area contributed by atoms with Crippen LogP contribution in [0.15, 0.2) is 12.1 Å². The minimum absolute atomic E-state index is 0.339. The van der Waals surface area contributed by atoms with Crippen LogP contribution in [0.5, 0.6) is 11.5 Å². The molecular weight excluding hydrogens is 248 g/mol. The molecule has 0 aliphatic heterocycles. The molecule has 0 atom stereocenters. The quantitative estimate of drug-likeness (QED) is 0.653. The number of aromatic hydroxyl groups is 2. The Labute approximate surface area is 123 Å². The molecule has 0 saturated heterocycles. The maximum Gasteiger partial charge on any atom is 0.119 e. The lowest BCUT2D eigenvalue weighted by Crippen LogP contribution is -1.95. The Kier molecular flexibility index (Phi) is 6.90. The van der Waals surface area contributed by atoms with E-state index in [-0.39, 0.29) is 0 Å². The van der Waals surface area contributed by atoms with E-state index >= 15 is 0 Å². The third-order valence-electron chi connectivity index (χ3n) is 3.74. The highest BCUT2D eigenvalue weighted by atomic mass is 16.3. The minimum atomic E-state index is 0.339. The van der Waals surface area contributed by atoms with Gasteiger partial charge in [0.05, 0.1) is 0 Å². The monoisotopic (exact) mass is 278 g/mol. The Bertz CT molecular complexity index is 368. The van der Waals surface area contributed by atoms with Gasteiger partial charge >= 0.3 is 0 Å². The standard InChI is InChI=1S/C18H30O2/c1-13(2)7-5-9-15-11-18(20)16(12-17(15)19)10-6-8-14(3)4/h11-14,19-20H,5-10H2,1-4H3. The van der Waals surface area contributed by atoms with E-state index in [1.54, 1.807) is 12.1 Å². The number of phenols is 2. The molecule has 0 saturated carbocycles. The van der Waals surface area contributed by atoms with Gasteiger partial charge in [0, 0.05) is 0 Å². The van der Waals surface area contributed by atoms with E-state index < -0.39 is 0 Å². The highest BCUT2D eigenvalue weighted by Crippen LogP contribution is 2.30. The fourth-order valence-corrected chi connectivity index (χ4v) is 2.47. The van der Waals surface area contributed by atoms with Crippen molar-refractivity contribution in [1.82, 2.24) is 0 Å². The van der Waals surface area contributed by atoms with Crippen LogP contribution in [-0.2, 0) is 12.8 Å². The zero-order valence-electron chi connectivity index (χ0n) is 13.4. The molecule has 0 radical (unpaired) electrons. The Hall–Kier alpha value is -1.18. The summed E-state index contributed by atoms with van der Waals surface area (Å²) in [7, 11) is 0. The fraction of sp³-hybridized carbons (Fsp3) is 0.667. The van der Waals surface area contributed by atoms with Gasteiger partial charge in [0.15, 0.2) is 0 Å². The van der Waals surface area contributed by atoms with Crippen molar-refractivity contribution in [2.24, 2.45) is 11.8 Å². The first-order valence-electron chi connectivity index (χ1n) is 7.93. The lowest BCUT2D eigenvalue weighted by molar-refractivity contribution is 0.443. The van der Waals surface area contributed by atoms with E-state index in [9.17, 15) is 10.2 Å². The summed E-state index contributed by atoms with van der Waals surface area (Å²) in [6.45, 7) is 8.81. The molecule has 0 bridgehead atoms. The lowest BCUT2D eigenvalue weighted by Gasteiger charge is -2.11. The van der Waals surface area contributed by atoms with Crippen LogP contribution >= 0.6 is 0 Å². The van der Waals surface area contributed by atoms with Crippen molar-refractivity contribution >= 4 is 0 Å². The zero-order chi connectivity index (χ0) is 15.1. The molecule has 0 aliphatic rings. The van der Waals surface area contributed by atoms with E-state index in [1.807, 2.05) is 0 Å². The fourth-order valence-electron chi connectivity index (χ4n) is 2.47. The maximum atomic E-state index is 10.1. The highest BCUT2D eigenvalue weighted by molar-refractivity contribution is 5.45. The largest absolute Gasteiger partial charge is 0.508 e. The summed E-state index contributed by atoms with van der Waals surface area (Å²) in [5.74, 6) is 2.04. The molecule has 2 nitrogen and oxygen atoms in total. The number of aryl methyl sites for hydroxylation is 2. The molecule has 2 heteroatoms. The molecule has 0 aliphatic carbocycles. The summed E-state index contributed by atoms with van der Waals surface area (Å²) in [5.41, 5.74) is 1.74. The first-order chi connectivity index (χ1) is 9.40. The van der Waals surface area contributed by atoms with Gasteiger partial charge in [-0.25, -0.2) is 0 Å². The van der Waals surface area contributed by atoms with E-state index in [4.69, 9.17) is 0 Å². The molecule has 0 amide bonds. The molecule has 20 heavy (non-hydrogen) atoms. The lowest BCUT2D eigenvalue weighted by atomic mass is 9.97. The van der Waals surface area contributed by atoms with Gasteiger partial charge in [0.2, 0.25) is 0 Å². The molecule has 114 valence electrons. The highest BCUT2D eigenvalue weighted by Gasteiger charge is 2.09. The maximum absolute atomic E-state index is 10.1. The number of phenolic OH excluding ortho intramolecular Hbond substituents is 2. The average Bonchev–Trinajstić information content (AvgIpc) is 2.33. The van der Waals surface area contributed by atoms with Gasteiger partial charge in [0.1, 0.15) is 11.5 Å². The average molecular weight is 278 g/mol. The number of hydrogen-bond donors (Lipinski definition) is 2. The van der Waals surface area contributed by atoms with Crippen LogP contribution in [-0.4, -0.2) is 10.2 Å². The van der Waals surface area contributed by atoms with Gasteiger partial charge in [-0.1, -0.05) is 40.5 Å². The predicted molar refractivity (Wildman–Crippen MR) is 85.3 cm³/mol. The second-order valence-corrected chi connectivity index (χ2v) is 6.68. The van der Waals surface area contributed by atoms with Crippen molar-refractivity contribution in [3.8, 4) is 11.5 Å². The van der Waals surface area contributed by atoms with Crippen molar-refractivity contribution in [3.05, 3.63) is 23.3 Å². The topological polar surface area (TPSA) is 40.5 Å². The van der Waals surface area contributed by atoms with E-state index in [2.05, 4.69) is 27.7 Å². The third-order valence-corrected chi connectivity index (χ3v) is 3.74. The summed E-state index contributed by atoms with van der Waals surface area (Å²) in [5, 5.41) is 20.2. The van der Waals surface area contributed by atoms with Crippen LogP contribution in [0, 0.1) is 11.8 Å². The Balaban J connectivity index is 2.61. The third kappa shape index (κ3) is 5.85. The second kappa shape index (κ2) is 8.18. The van der Waals surface area contributed by atoms with Gasteiger partial charge in [-0.3, -0.25) is 0 Å².